The number of carbonyl (C=O) groups is 1. The summed E-state index contributed by atoms with van der Waals surface area (Å²) in [6.07, 6.45) is 1.71. The fourth-order valence-corrected chi connectivity index (χ4v) is 2.42. The maximum Gasteiger partial charge on any atom is 0.217 e. The summed E-state index contributed by atoms with van der Waals surface area (Å²) in [5.41, 5.74) is 3.04. The maximum atomic E-state index is 11.2. The third-order valence-corrected chi connectivity index (χ3v) is 3.55. The van der Waals surface area contributed by atoms with E-state index in [0.29, 0.717) is 30.4 Å². The summed E-state index contributed by atoms with van der Waals surface area (Å²) < 4.78 is 1.81. The van der Waals surface area contributed by atoms with Crippen LogP contribution in [0.5, 0.6) is 0 Å². The van der Waals surface area contributed by atoms with Crippen molar-refractivity contribution in [3.63, 3.8) is 0 Å². The van der Waals surface area contributed by atoms with Crippen LogP contribution in [0, 0.1) is 6.92 Å². The van der Waals surface area contributed by atoms with Crippen LogP contribution in [0.25, 0.3) is 11.5 Å². The largest absolute Gasteiger partial charge is 0.349 e. The van der Waals surface area contributed by atoms with Gasteiger partial charge in [0.1, 0.15) is 11.5 Å². The molecule has 1 N–H and O–H groups in total. The van der Waals surface area contributed by atoms with Gasteiger partial charge in [-0.25, -0.2) is 9.67 Å². The summed E-state index contributed by atoms with van der Waals surface area (Å²) in [5, 5.41) is 7.36. The first-order valence-corrected chi connectivity index (χ1v) is 7.77. The summed E-state index contributed by atoms with van der Waals surface area (Å²) in [6, 6.07) is 13.9. The van der Waals surface area contributed by atoms with Crippen molar-refractivity contribution in [3.8, 4) is 11.5 Å². The van der Waals surface area contributed by atoms with E-state index < -0.39 is 0 Å². The van der Waals surface area contributed by atoms with Crippen molar-refractivity contribution in [2.24, 2.45) is 0 Å². The van der Waals surface area contributed by atoms with Gasteiger partial charge < -0.3 is 5.32 Å². The first-order chi connectivity index (χ1) is 11.6. The number of nitrogens with one attached hydrogen (secondary N) is 1. The minimum Gasteiger partial charge on any atom is -0.349 e. The fraction of sp³-hybridized carbons (Fsp3) is 0.222. The van der Waals surface area contributed by atoms with Crippen LogP contribution in [0.4, 0.5) is 0 Å². The molecule has 0 bridgehead atoms. The average Bonchev–Trinajstić information content (AvgIpc) is 2.97. The molecule has 1 aromatic carbocycles. The molecule has 6 heteroatoms. The Morgan fingerprint density at radius 1 is 1.21 bits per heavy atom. The van der Waals surface area contributed by atoms with Crippen molar-refractivity contribution >= 4 is 5.91 Å². The predicted octanol–water partition coefficient (Wildman–Crippen LogP) is 2.33. The highest BCUT2D eigenvalue weighted by Gasteiger charge is 2.13. The number of benzene rings is 1. The lowest BCUT2D eigenvalue weighted by molar-refractivity contribution is -0.119. The van der Waals surface area contributed by atoms with E-state index in [2.05, 4.69) is 45.5 Å². The van der Waals surface area contributed by atoms with E-state index in [1.807, 2.05) is 28.9 Å². The number of amides is 1. The van der Waals surface area contributed by atoms with E-state index in [1.54, 1.807) is 6.20 Å². The van der Waals surface area contributed by atoms with Crippen LogP contribution in [0.15, 0.2) is 48.7 Å². The molecule has 0 spiro atoms. The maximum absolute atomic E-state index is 11.2. The van der Waals surface area contributed by atoms with E-state index in [0.717, 1.165) is 5.56 Å². The number of hydrogen-bond acceptors (Lipinski definition) is 4. The van der Waals surface area contributed by atoms with Gasteiger partial charge in [0.2, 0.25) is 5.91 Å². The number of aromatic nitrogens is 4. The molecule has 0 radical (unpaired) electrons. The fourth-order valence-electron chi connectivity index (χ4n) is 2.42. The van der Waals surface area contributed by atoms with Crippen LogP contribution in [0.3, 0.4) is 0 Å². The van der Waals surface area contributed by atoms with Crippen LogP contribution in [-0.2, 0) is 17.9 Å². The molecule has 0 aliphatic rings. The lowest BCUT2D eigenvalue weighted by Crippen LogP contribution is -2.22. The Kier molecular flexibility index (Phi) is 4.65. The number of aryl methyl sites for hydroxylation is 1. The smallest absolute Gasteiger partial charge is 0.217 e. The minimum atomic E-state index is -0.0977. The normalized spacial score (nSPS) is 10.6. The standard InChI is InChI=1S/C18H19N5O/c1-13-6-5-7-15(10-13)12-23-17(11-20-14(2)24)21-18(22-23)16-8-3-4-9-19-16/h3-10H,11-12H2,1-2H3,(H,20,24). The van der Waals surface area contributed by atoms with Gasteiger partial charge in [-0.05, 0) is 24.6 Å². The monoisotopic (exact) mass is 321 g/mol. The number of rotatable bonds is 5. The van der Waals surface area contributed by atoms with Gasteiger partial charge >= 0.3 is 0 Å². The molecule has 3 rings (SSSR count). The van der Waals surface area contributed by atoms with Crippen molar-refractivity contribution in [2.45, 2.75) is 26.9 Å². The summed E-state index contributed by atoms with van der Waals surface area (Å²) >= 11 is 0. The van der Waals surface area contributed by atoms with Gasteiger partial charge in [0.05, 0.1) is 13.1 Å². The van der Waals surface area contributed by atoms with E-state index in [1.165, 1.54) is 12.5 Å². The third-order valence-electron chi connectivity index (χ3n) is 3.55. The van der Waals surface area contributed by atoms with Gasteiger partial charge in [0.15, 0.2) is 5.82 Å². The molecule has 0 saturated heterocycles. The van der Waals surface area contributed by atoms with Crippen molar-refractivity contribution in [2.75, 3.05) is 0 Å². The summed E-state index contributed by atoms with van der Waals surface area (Å²) in [5.74, 6) is 1.16. The molecule has 24 heavy (non-hydrogen) atoms. The number of carbonyl (C=O) groups excluding carboxylic acids is 1. The Morgan fingerprint density at radius 3 is 2.79 bits per heavy atom. The van der Waals surface area contributed by atoms with E-state index in [9.17, 15) is 4.79 Å². The Balaban J connectivity index is 1.93. The zero-order valence-electron chi connectivity index (χ0n) is 13.7. The lowest BCUT2D eigenvalue weighted by atomic mass is 10.1. The van der Waals surface area contributed by atoms with Crippen molar-refractivity contribution in [1.82, 2.24) is 25.1 Å². The van der Waals surface area contributed by atoms with Gasteiger partial charge in [0.25, 0.3) is 0 Å². The first-order valence-electron chi connectivity index (χ1n) is 7.77. The first kappa shape index (κ1) is 15.9. The van der Waals surface area contributed by atoms with Crippen LogP contribution in [0.1, 0.15) is 23.9 Å². The SMILES string of the molecule is CC(=O)NCc1nc(-c2ccccn2)nn1Cc1cccc(C)c1. The predicted molar refractivity (Wildman–Crippen MR) is 91.1 cm³/mol. The zero-order chi connectivity index (χ0) is 16.9. The molecule has 2 aromatic heterocycles. The molecule has 0 unspecified atom stereocenters. The van der Waals surface area contributed by atoms with Crippen molar-refractivity contribution in [1.29, 1.82) is 0 Å². The van der Waals surface area contributed by atoms with Gasteiger partial charge in [-0.1, -0.05) is 35.9 Å². The molecule has 1 amide bonds. The molecule has 6 nitrogen and oxygen atoms in total. The Hall–Kier alpha value is -3.02. The Morgan fingerprint density at radius 2 is 2.08 bits per heavy atom. The van der Waals surface area contributed by atoms with Crippen molar-refractivity contribution in [3.05, 3.63) is 65.6 Å². The molecule has 0 atom stereocenters. The lowest BCUT2D eigenvalue weighted by Gasteiger charge is -2.07. The van der Waals surface area contributed by atoms with Gasteiger partial charge in [-0.2, -0.15) is 0 Å². The van der Waals surface area contributed by atoms with Crippen LogP contribution < -0.4 is 5.32 Å². The van der Waals surface area contributed by atoms with E-state index in [4.69, 9.17) is 0 Å². The second kappa shape index (κ2) is 7.04. The van der Waals surface area contributed by atoms with Gasteiger partial charge in [-0.15, -0.1) is 5.10 Å². The van der Waals surface area contributed by atoms with Gasteiger partial charge in [0, 0.05) is 13.1 Å². The molecule has 122 valence electrons. The average molecular weight is 321 g/mol. The van der Waals surface area contributed by atoms with E-state index >= 15 is 0 Å². The zero-order valence-corrected chi connectivity index (χ0v) is 13.7. The third kappa shape index (κ3) is 3.84. The molecule has 0 aliphatic heterocycles. The van der Waals surface area contributed by atoms with Crippen LogP contribution >= 0.6 is 0 Å². The quantitative estimate of drug-likeness (QED) is 0.783. The summed E-state index contributed by atoms with van der Waals surface area (Å²) in [4.78, 5) is 20.1. The highest BCUT2D eigenvalue weighted by atomic mass is 16.1. The topological polar surface area (TPSA) is 72.7 Å². The van der Waals surface area contributed by atoms with E-state index in [-0.39, 0.29) is 5.91 Å². The second-order valence-corrected chi connectivity index (χ2v) is 5.62. The number of hydrogen-bond donors (Lipinski definition) is 1. The van der Waals surface area contributed by atoms with Gasteiger partial charge in [-0.3, -0.25) is 9.78 Å². The highest BCUT2D eigenvalue weighted by molar-refractivity contribution is 5.72. The summed E-state index contributed by atoms with van der Waals surface area (Å²) in [7, 11) is 0. The highest BCUT2D eigenvalue weighted by Crippen LogP contribution is 2.14. The Bertz CT molecular complexity index is 842. The molecule has 3 aromatic rings. The second-order valence-electron chi connectivity index (χ2n) is 5.62. The Labute approximate surface area is 140 Å². The molecule has 2 heterocycles. The number of nitrogens with zero attached hydrogens (tertiary/aromatic N) is 4. The van der Waals surface area contributed by atoms with Crippen LogP contribution in [-0.4, -0.2) is 25.7 Å². The minimum absolute atomic E-state index is 0.0977. The molecular weight excluding hydrogens is 302 g/mol. The van der Waals surface area contributed by atoms with Crippen LogP contribution in [0.2, 0.25) is 0 Å². The molecule has 0 saturated carbocycles. The summed E-state index contributed by atoms with van der Waals surface area (Å²) in [6.45, 7) is 4.47. The molecule has 0 aliphatic carbocycles. The molecular formula is C18H19N5O. The number of pyridine rings is 1. The molecule has 0 fully saturated rings. The van der Waals surface area contributed by atoms with Crippen molar-refractivity contribution < 1.29 is 4.79 Å².